The van der Waals surface area contributed by atoms with Crippen molar-refractivity contribution in [3.05, 3.63) is 16.6 Å². The molecule has 1 N–H and O–H groups in total. The number of aromatic nitrogens is 1. The van der Waals surface area contributed by atoms with Crippen molar-refractivity contribution in [1.29, 1.82) is 0 Å². The van der Waals surface area contributed by atoms with E-state index in [1.165, 1.54) is 37.0 Å². The van der Waals surface area contributed by atoms with Crippen molar-refractivity contribution >= 4 is 11.3 Å². The van der Waals surface area contributed by atoms with Crippen LogP contribution in [0.4, 0.5) is 0 Å². The molecule has 1 aromatic heterocycles. The molecule has 0 radical (unpaired) electrons. The Morgan fingerprint density at radius 2 is 2.19 bits per heavy atom. The van der Waals surface area contributed by atoms with E-state index in [2.05, 4.69) is 24.1 Å². The van der Waals surface area contributed by atoms with Gasteiger partial charge in [0.1, 0.15) is 0 Å². The van der Waals surface area contributed by atoms with Gasteiger partial charge >= 0.3 is 0 Å². The molecular weight excluding hydrogens is 216 g/mol. The van der Waals surface area contributed by atoms with Gasteiger partial charge in [-0.1, -0.05) is 26.2 Å². The zero-order valence-corrected chi connectivity index (χ0v) is 11.1. The van der Waals surface area contributed by atoms with Gasteiger partial charge in [-0.15, -0.1) is 11.3 Å². The van der Waals surface area contributed by atoms with Gasteiger partial charge in [0.05, 0.1) is 5.51 Å². The Balaban J connectivity index is 1.82. The number of nitrogens with zero attached hydrogens (tertiary/aromatic N) is 1. The summed E-state index contributed by atoms with van der Waals surface area (Å²) in [6.45, 7) is 5.81. The van der Waals surface area contributed by atoms with Gasteiger partial charge in [-0.2, -0.15) is 0 Å². The second kappa shape index (κ2) is 5.28. The molecule has 16 heavy (non-hydrogen) atoms. The quantitative estimate of drug-likeness (QED) is 0.864. The van der Waals surface area contributed by atoms with Crippen molar-refractivity contribution in [2.75, 3.05) is 6.54 Å². The molecule has 1 fully saturated rings. The summed E-state index contributed by atoms with van der Waals surface area (Å²) in [5.41, 5.74) is 2.44. The highest BCUT2D eigenvalue weighted by molar-refractivity contribution is 7.09. The van der Waals surface area contributed by atoms with Crippen LogP contribution in [0.25, 0.3) is 0 Å². The fraction of sp³-hybridized carbons (Fsp3) is 0.769. The summed E-state index contributed by atoms with van der Waals surface area (Å²) in [5.74, 6) is 0. The van der Waals surface area contributed by atoms with Crippen molar-refractivity contribution < 1.29 is 0 Å². The Bertz CT molecular complexity index is 302. The minimum absolute atomic E-state index is 0.450. The van der Waals surface area contributed by atoms with Gasteiger partial charge < -0.3 is 5.32 Å². The van der Waals surface area contributed by atoms with Crippen LogP contribution in [-0.4, -0.2) is 11.5 Å². The standard InChI is InChI=1S/C13H22N2S/c1-11(12-8-14-10-16-12)15-9-13(2)6-4-3-5-7-13/h8,10-11,15H,3-7,9H2,1-2H3. The van der Waals surface area contributed by atoms with E-state index in [0.29, 0.717) is 11.5 Å². The summed E-state index contributed by atoms with van der Waals surface area (Å²) in [7, 11) is 0. The summed E-state index contributed by atoms with van der Waals surface area (Å²) in [6.07, 6.45) is 9.00. The Labute approximate surface area is 102 Å². The molecule has 1 aliphatic rings. The Hall–Kier alpha value is -0.410. The first-order valence-corrected chi connectivity index (χ1v) is 7.19. The Morgan fingerprint density at radius 1 is 1.44 bits per heavy atom. The Morgan fingerprint density at radius 3 is 2.81 bits per heavy atom. The molecule has 1 saturated carbocycles. The van der Waals surface area contributed by atoms with Crippen LogP contribution in [0, 0.1) is 5.41 Å². The maximum atomic E-state index is 4.13. The lowest BCUT2D eigenvalue weighted by Crippen LogP contribution is -2.34. The van der Waals surface area contributed by atoms with Gasteiger partial charge in [-0.3, -0.25) is 4.98 Å². The van der Waals surface area contributed by atoms with E-state index in [9.17, 15) is 0 Å². The molecule has 3 heteroatoms. The highest BCUT2D eigenvalue weighted by atomic mass is 32.1. The van der Waals surface area contributed by atoms with E-state index in [0.717, 1.165) is 6.54 Å². The van der Waals surface area contributed by atoms with Gasteiger partial charge in [0.2, 0.25) is 0 Å². The number of thiazole rings is 1. The molecule has 1 aromatic rings. The summed E-state index contributed by atoms with van der Waals surface area (Å²) < 4.78 is 0. The van der Waals surface area contributed by atoms with E-state index in [4.69, 9.17) is 0 Å². The van der Waals surface area contributed by atoms with Crippen molar-refractivity contribution in [1.82, 2.24) is 10.3 Å². The summed E-state index contributed by atoms with van der Waals surface area (Å²) >= 11 is 1.74. The average Bonchev–Trinajstić information content (AvgIpc) is 2.80. The van der Waals surface area contributed by atoms with Crippen LogP contribution in [0.1, 0.15) is 56.9 Å². The highest BCUT2D eigenvalue weighted by Gasteiger charge is 2.26. The molecule has 1 unspecified atom stereocenters. The lowest BCUT2D eigenvalue weighted by molar-refractivity contribution is 0.202. The fourth-order valence-electron chi connectivity index (χ4n) is 2.52. The van der Waals surface area contributed by atoms with E-state index >= 15 is 0 Å². The number of hydrogen-bond donors (Lipinski definition) is 1. The minimum atomic E-state index is 0.450. The van der Waals surface area contributed by atoms with Crippen LogP contribution in [0.2, 0.25) is 0 Å². The third kappa shape index (κ3) is 3.05. The van der Waals surface area contributed by atoms with Crippen molar-refractivity contribution in [2.45, 2.75) is 52.0 Å². The van der Waals surface area contributed by atoms with E-state index < -0.39 is 0 Å². The van der Waals surface area contributed by atoms with Crippen LogP contribution >= 0.6 is 11.3 Å². The maximum Gasteiger partial charge on any atom is 0.0794 e. The normalized spacial score (nSPS) is 21.9. The van der Waals surface area contributed by atoms with Crippen molar-refractivity contribution in [3.63, 3.8) is 0 Å². The zero-order chi connectivity index (χ0) is 11.4. The van der Waals surface area contributed by atoms with E-state index in [1.807, 2.05) is 11.7 Å². The van der Waals surface area contributed by atoms with Crippen molar-refractivity contribution in [3.8, 4) is 0 Å². The summed E-state index contributed by atoms with van der Waals surface area (Å²) in [5, 5.41) is 3.67. The second-order valence-electron chi connectivity index (χ2n) is 5.38. The van der Waals surface area contributed by atoms with Crippen LogP contribution < -0.4 is 5.32 Å². The maximum absolute atomic E-state index is 4.13. The molecule has 0 aliphatic heterocycles. The zero-order valence-electron chi connectivity index (χ0n) is 10.3. The first kappa shape index (κ1) is 12.1. The predicted octanol–water partition coefficient (Wildman–Crippen LogP) is 3.76. The molecule has 0 amide bonds. The number of nitrogens with one attached hydrogen (secondary N) is 1. The molecule has 1 atom stereocenters. The summed E-state index contributed by atoms with van der Waals surface area (Å²) in [4.78, 5) is 5.48. The SMILES string of the molecule is CC(NCC1(C)CCCCC1)c1cncs1. The van der Waals surface area contributed by atoms with E-state index in [1.54, 1.807) is 11.3 Å². The molecule has 90 valence electrons. The molecular formula is C13H22N2S. The fourth-order valence-corrected chi connectivity index (χ4v) is 3.17. The average molecular weight is 238 g/mol. The smallest absolute Gasteiger partial charge is 0.0794 e. The van der Waals surface area contributed by atoms with Crippen LogP contribution in [-0.2, 0) is 0 Å². The number of hydrogen-bond acceptors (Lipinski definition) is 3. The van der Waals surface area contributed by atoms with Gasteiger partial charge in [0.15, 0.2) is 0 Å². The molecule has 1 heterocycles. The van der Waals surface area contributed by atoms with Gasteiger partial charge in [-0.25, -0.2) is 0 Å². The lowest BCUT2D eigenvalue weighted by atomic mass is 9.75. The largest absolute Gasteiger partial charge is 0.309 e. The molecule has 0 saturated heterocycles. The molecule has 0 bridgehead atoms. The van der Waals surface area contributed by atoms with E-state index in [-0.39, 0.29) is 0 Å². The third-order valence-electron chi connectivity index (χ3n) is 3.77. The first-order chi connectivity index (χ1) is 7.70. The second-order valence-corrected chi connectivity index (χ2v) is 6.30. The summed E-state index contributed by atoms with van der Waals surface area (Å²) in [6, 6.07) is 0.450. The Kier molecular flexibility index (Phi) is 3.98. The minimum Gasteiger partial charge on any atom is -0.309 e. The third-order valence-corrected chi connectivity index (χ3v) is 4.73. The van der Waals surface area contributed by atoms with Gasteiger partial charge in [0.25, 0.3) is 0 Å². The lowest BCUT2D eigenvalue weighted by Gasteiger charge is -2.34. The molecule has 0 spiro atoms. The number of rotatable bonds is 4. The molecule has 1 aliphatic carbocycles. The van der Waals surface area contributed by atoms with Gasteiger partial charge in [-0.05, 0) is 25.2 Å². The molecule has 2 nitrogen and oxygen atoms in total. The van der Waals surface area contributed by atoms with Crippen LogP contribution in [0.3, 0.4) is 0 Å². The molecule has 2 rings (SSSR count). The topological polar surface area (TPSA) is 24.9 Å². The monoisotopic (exact) mass is 238 g/mol. The highest BCUT2D eigenvalue weighted by Crippen LogP contribution is 2.35. The van der Waals surface area contributed by atoms with Crippen LogP contribution in [0.15, 0.2) is 11.7 Å². The first-order valence-electron chi connectivity index (χ1n) is 6.31. The van der Waals surface area contributed by atoms with Crippen LogP contribution in [0.5, 0.6) is 0 Å². The predicted molar refractivity (Wildman–Crippen MR) is 69.7 cm³/mol. The molecule has 0 aromatic carbocycles. The van der Waals surface area contributed by atoms with Crippen molar-refractivity contribution in [2.24, 2.45) is 5.41 Å². The van der Waals surface area contributed by atoms with Gasteiger partial charge in [0, 0.05) is 23.7 Å².